The zero-order valence-corrected chi connectivity index (χ0v) is 14.0. The van der Waals surface area contributed by atoms with Crippen LogP contribution in [0.25, 0.3) is 0 Å². The standard InChI is InChI=1S/C15H32N4O2/c1-5-20-8-6-17-15(16-4)18-10-14-12-19(7-9-21-14)11-13(2)3/h13-14H,5-12H2,1-4H3,(H2,16,17,18). The predicted molar refractivity (Wildman–Crippen MR) is 86.9 cm³/mol. The Morgan fingerprint density at radius 1 is 1.43 bits per heavy atom. The number of ether oxygens (including phenoxy) is 2. The highest BCUT2D eigenvalue weighted by Gasteiger charge is 2.20. The molecule has 2 N–H and O–H groups in total. The molecule has 0 aromatic heterocycles. The Hall–Kier alpha value is -0.850. The molecule has 1 unspecified atom stereocenters. The van der Waals surface area contributed by atoms with Crippen LogP contribution in [0.15, 0.2) is 4.99 Å². The number of rotatable bonds is 8. The topological polar surface area (TPSA) is 58.1 Å². The van der Waals surface area contributed by atoms with Gasteiger partial charge in [0.2, 0.25) is 0 Å². The molecule has 1 heterocycles. The van der Waals surface area contributed by atoms with E-state index in [-0.39, 0.29) is 6.10 Å². The highest BCUT2D eigenvalue weighted by molar-refractivity contribution is 5.79. The average Bonchev–Trinajstić information content (AvgIpc) is 2.46. The monoisotopic (exact) mass is 300 g/mol. The summed E-state index contributed by atoms with van der Waals surface area (Å²) in [4.78, 5) is 6.69. The average molecular weight is 300 g/mol. The molecular weight excluding hydrogens is 268 g/mol. The minimum atomic E-state index is 0.225. The summed E-state index contributed by atoms with van der Waals surface area (Å²) in [5.74, 6) is 1.50. The third kappa shape index (κ3) is 8.24. The Bertz CT molecular complexity index is 297. The first-order valence-electron chi connectivity index (χ1n) is 8.01. The lowest BCUT2D eigenvalue weighted by Gasteiger charge is -2.34. The lowest BCUT2D eigenvalue weighted by molar-refractivity contribution is -0.0284. The van der Waals surface area contributed by atoms with Gasteiger partial charge in [0.05, 0.1) is 19.3 Å². The third-order valence-electron chi connectivity index (χ3n) is 3.31. The zero-order chi connectivity index (χ0) is 15.5. The maximum atomic E-state index is 5.82. The molecule has 1 saturated heterocycles. The van der Waals surface area contributed by atoms with E-state index in [1.54, 1.807) is 7.05 Å². The number of aliphatic imine (C=N–C) groups is 1. The Morgan fingerprint density at radius 3 is 2.90 bits per heavy atom. The predicted octanol–water partition coefficient (Wildman–Crippen LogP) is 0.545. The summed E-state index contributed by atoms with van der Waals surface area (Å²) >= 11 is 0. The van der Waals surface area contributed by atoms with Crippen molar-refractivity contribution in [3.63, 3.8) is 0 Å². The van der Waals surface area contributed by atoms with E-state index >= 15 is 0 Å². The molecule has 1 aliphatic heterocycles. The second kappa shape index (κ2) is 10.8. The van der Waals surface area contributed by atoms with E-state index in [9.17, 15) is 0 Å². The number of nitrogens with one attached hydrogen (secondary N) is 2. The zero-order valence-electron chi connectivity index (χ0n) is 14.0. The van der Waals surface area contributed by atoms with Gasteiger partial charge in [0.25, 0.3) is 0 Å². The van der Waals surface area contributed by atoms with Crippen molar-refractivity contribution in [2.24, 2.45) is 10.9 Å². The minimum absolute atomic E-state index is 0.225. The minimum Gasteiger partial charge on any atom is -0.380 e. The van der Waals surface area contributed by atoms with Gasteiger partial charge in [-0.05, 0) is 12.8 Å². The van der Waals surface area contributed by atoms with Gasteiger partial charge >= 0.3 is 0 Å². The maximum absolute atomic E-state index is 5.82. The first-order chi connectivity index (χ1) is 10.2. The molecule has 0 bridgehead atoms. The first kappa shape index (κ1) is 18.2. The van der Waals surface area contributed by atoms with Gasteiger partial charge in [-0.15, -0.1) is 0 Å². The molecule has 0 amide bonds. The van der Waals surface area contributed by atoms with Crippen molar-refractivity contribution in [2.45, 2.75) is 26.9 Å². The van der Waals surface area contributed by atoms with Gasteiger partial charge in [-0.1, -0.05) is 13.8 Å². The summed E-state index contributed by atoms with van der Waals surface area (Å²) < 4.78 is 11.1. The van der Waals surface area contributed by atoms with Crippen LogP contribution in [0.5, 0.6) is 0 Å². The Balaban J connectivity index is 2.22. The first-order valence-corrected chi connectivity index (χ1v) is 8.01. The molecule has 0 spiro atoms. The lowest BCUT2D eigenvalue weighted by Crippen LogP contribution is -2.50. The lowest BCUT2D eigenvalue weighted by atomic mass is 10.2. The molecular formula is C15H32N4O2. The number of morpholine rings is 1. The summed E-state index contributed by atoms with van der Waals surface area (Å²) in [6, 6.07) is 0. The highest BCUT2D eigenvalue weighted by atomic mass is 16.5. The molecule has 21 heavy (non-hydrogen) atoms. The van der Waals surface area contributed by atoms with Crippen LogP contribution in [-0.2, 0) is 9.47 Å². The summed E-state index contributed by atoms with van der Waals surface area (Å²) in [5, 5.41) is 6.55. The van der Waals surface area contributed by atoms with Crippen LogP contribution in [0.1, 0.15) is 20.8 Å². The van der Waals surface area contributed by atoms with E-state index < -0.39 is 0 Å². The van der Waals surface area contributed by atoms with Crippen LogP contribution >= 0.6 is 0 Å². The summed E-state index contributed by atoms with van der Waals surface area (Å²) in [5.41, 5.74) is 0. The van der Waals surface area contributed by atoms with Crippen molar-refractivity contribution < 1.29 is 9.47 Å². The van der Waals surface area contributed by atoms with Gasteiger partial charge in [0.15, 0.2) is 5.96 Å². The third-order valence-corrected chi connectivity index (χ3v) is 3.31. The molecule has 0 radical (unpaired) electrons. The van der Waals surface area contributed by atoms with Crippen molar-refractivity contribution in [1.29, 1.82) is 0 Å². The molecule has 0 aliphatic carbocycles. The van der Waals surface area contributed by atoms with Crippen molar-refractivity contribution >= 4 is 5.96 Å². The SMILES string of the molecule is CCOCCNC(=NC)NCC1CN(CC(C)C)CCO1. The van der Waals surface area contributed by atoms with E-state index in [0.717, 1.165) is 51.9 Å². The van der Waals surface area contributed by atoms with Crippen LogP contribution in [0.3, 0.4) is 0 Å². The van der Waals surface area contributed by atoms with E-state index in [1.807, 2.05) is 6.92 Å². The fraction of sp³-hybridized carbons (Fsp3) is 0.933. The van der Waals surface area contributed by atoms with Crippen molar-refractivity contribution in [3.8, 4) is 0 Å². The summed E-state index contributed by atoms with van der Waals surface area (Å²) in [7, 11) is 1.78. The fourth-order valence-corrected chi connectivity index (χ4v) is 2.40. The molecule has 6 heteroatoms. The summed E-state index contributed by atoms with van der Waals surface area (Å²) in [6.07, 6.45) is 0.225. The van der Waals surface area contributed by atoms with Gasteiger partial charge in [0, 0.05) is 46.4 Å². The van der Waals surface area contributed by atoms with Gasteiger partial charge in [-0.2, -0.15) is 0 Å². The number of guanidine groups is 1. The van der Waals surface area contributed by atoms with Crippen molar-refractivity contribution in [2.75, 3.05) is 59.6 Å². The van der Waals surface area contributed by atoms with Gasteiger partial charge in [-0.25, -0.2) is 0 Å². The van der Waals surface area contributed by atoms with Crippen molar-refractivity contribution in [1.82, 2.24) is 15.5 Å². The normalized spacial score (nSPS) is 20.8. The molecule has 0 saturated carbocycles. The van der Waals surface area contributed by atoms with Crippen LogP contribution in [0.4, 0.5) is 0 Å². The second-order valence-corrected chi connectivity index (χ2v) is 5.72. The van der Waals surface area contributed by atoms with Gasteiger partial charge in [0.1, 0.15) is 0 Å². The smallest absolute Gasteiger partial charge is 0.191 e. The largest absolute Gasteiger partial charge is 0.380 e. The molecule has 0 aromatic rings. The highest BCUT2D eigenvalue weighted by Crippen LogP contribution is 2.07. The van der Waals surface area contributed by atoms with Crippen LogP contribution < -0.4 is 10.6 Å². The van der Waals surface area contributed by atoms with Crippen LogP contribution in [0.2, 0.25) is 0 Å². The van der Waals surface area contributed by atoms with E-state index in [0.29, 0.717) is 12.5 Å². The van der Waals surface area contributed by atoms with Crippen molar-refractivity contribution in [3.05, 3.63) is 0 Å². The number of nitrogens with zero attached hydrogens (tertiary/aromatic N) is 2. The van der Waals surface area contributed by atoms with Gasteiger partial charge < -0.3 is 20.1 Å². The number of hydrogen-bond acceptors (Lipinski definition) is 4. The van der Waals surface area contributed by atoms with Crippen LogP contribution in [-0.4, -0.2) is 76.6 Å². The Labute approximate surface area is 129 Å². The summed E-state index contributed by atoms with van der Waals surface area (Å²) in [6.45, 7) is 13.5. The second-order valence-electron chi connectivity index (χ2n) is 5.72. The van der Waals surface area contributed by atoms with Crippen LogP contribution in [0, 0.1) is 5.92 Å². The molecule has 1 rings (SSSR count). The van der Waals surface area contributed by atoms with E-state index in [4.69, 9.17) is 9.47 Å². The molecule has 124 valence electrons. The number of hydrogen-bond donors (Lipinski definition) is 2. The van der Waals surface area contributed by atoms with Gasteiger partial charge in [-0.3, -0.25) is 9.89 Å². The molecule has 1 aliphatic rings. The molecule has 1 fully saturated rings. The quantitative estimate of drug-likeness (QED) is 0.389. The van der Waals surface area contributed by atoms with E-state index in [2.05, 4.69) is 34.4 Å². The van der Waals surface area contributed by atoms with E-state index in [1.165, 1.54) is 0 Å². The molecule has 6 nitrogen and oxygen atoms in total. The molecule has 0 aromatic carbocycles. The fourth-order valence-electron chi connectivity index (χ4n) is 2.40. The Kier molecular flexibility index (Phi) is 9.37. The molecule has 1 atom stereocenters. The Morgan fingerprint density at radius 2 is 2.24 bits per heavy atom. The maximum Gasteiger partial charge on any atom is 0.191 e.